The van der Waals surface area contributed by atoms with Gasteiger partial charge in [-0.25, -0.2) is 4.79 Å². The van der Waals surface area contributed by atoms with Crippen LogP contribution in [0.4, 0.5) is 10.5 Å². The van der Waals surface area contributed by atoms with Crippen molar-refractivity contribution in [3.8, 4) is 17.2 Å². The van der Waals surface area contributed by atoms with Crippen molar-refractivity contribution in [3.05, 3.63) is 12.1 Å². The Morgan fingerprint density at radius 3 is 2.00 bits per heavy atom. The van der Waals surface area contributed by atoms with Gasteiger partial charge in [0.1, 0.15) is 0 Å². The summed E-state index contributed by atoms with van der Waals surface area (Å²) in [5, 5.41) is 0. The Morgan fingerprint density at radius 1 is 1.12 bits per heavy atom. The van der Waals surface area contributed by atoms with Gasteiger partial charge in [0.15, 0.2) is 11.5 Å². The van der Waals surface area contributed by atoms with E-state index in [0.717, 1.165) is 0 Å². The Labute approximate surface area is 98.8 Å². The first-order chi connectivity index (χ1) is 8.12. The number of amides is 2. The van der Waals surface area contributed by atoms with Crippen LogP contribution in [0.2, 0.25) is 0 Å². The van der Waals surface area contributed by atoms with Gasteiger partial charge in [-0.3, -0.25) is 10.9 Å². The number of hydrogen-bond donors (Lipinski definition) is 3. The molecule has 0 aliphatic carbocycles. The second-order valence-electron chi connectivity index (χ2n) is 3.03. The summed E-state index contributed by atoms with van der Waals surface area (Å²) in [6, 6.07) is 2.58. The molecule has 0 saturated heterocycles. The molecule has 1 aromatic rings. The first-order valence-electron chi connectivity index (χ1n) is 4.73. The minimum atomic E-state index is -0.696. The van der Waals surface area contributed by atoms with Crippen LogP contribution in [0.5, 0.6) is 17.2 Å². The minimum absolute atomic E-state index is 0.472. The summed E-state index contributed by atoms with van der Waals surface area (Å²) in [5.74, 6) is 1.42. The van der Waals surface area contributed by atoms with Crippen molar-refractivity contribution in [1.29, 1.82) is 0 Å². The van der Waals surface area contributed by atoms with Crippen LogP contribution in [0.3, 0.4) is 0 Å². The van der Waals surface area contributed by atoms with Gasteiger partial charge in [-0.15, -0.1) is 0 Å². The normalized spacial score (nSPS) is 9.35. The van der Waals surface area contributed by atoms with Crippen molar-refractivity contribution in [2.24, 2.45) is 5.73 Å². The predicted octanol–water partition coefficient (Wildman–Crippen LogP) is 0.708. The molecule has 1 aromatic carbocycles. The molecule has 17 heavy (non-hydrogen) atoms. The number of carbonyl (C=O) groups excluding carboxylic acids is 1. The summed E-state index contributed by atoms with van der Waals surface area (Å²) >= 11 is 0. The number of nitrogens with one attached hydrogen (secondary N) is 2. The molecule has 0 aliphatic heterocycles. The highest BCUT2D eigenvalue weighted by Crippen LogP contribution is 2.39. The van der Waals surface area contributed by atoms with Crippen LogP contribution in [0.25, 0.3) is 0 Å². The van der Waals surface area contributed by atoms with Gasteiger partial charge in [0.05, 0.1) is 27.0 Å². The highest BCUT2D eigenvalue weighted by Gasteiger charge is 2.12. The minimum Gasteiger partial charge on any atom is -0.493 e. The van der Waals surface area contributed by atoms with E-state index in [2.05, 4.69) is 10.9 Å². The first kappa shape index (κ1) is 12.8. The number of methoxy groups -OCH3 is 3. The lowest BCUT2D eigenvalue weighted by Crippen LogP contribution is -2.34. The predicted molar refractivity (Wildman–Crippen MR) is 62.4 cm³/mol. The monoisotopic (exact) mass is 241 g/mol. The average Bonchev–Trinajstić information content (AvgIpc) is 2.34. The summed E-state index contributed by atoms with van der Waals surface area (Å²) < 4.78 is 15.4. The Bertz CT molecular complexity index is 384. The van der Waals surface area contributed by atoms with Gasteiger partial charge in [-0.05, 0) is 0 Å². The van der Waals surface area contributed by atoms with Gasteiger partial charge in [0.2, 0.25) is 5.75 Å². The lowest BCUT2D eigenvalue weighted by molar-refractivity contribution is 0.250. The van der Waals surface area contributed by atoms with Crippen LogP contribution >= 0.6 is 0 Å². The van der Waals surface area contributed by atoms with Crippen molar-refractivity contribution in [2.45, 2.75) is 0 Å². The zero-order valence-electron chi connectivity index (χ0n) is 9.87. The molecule has 0 heterocycles. The largest absolute Gasteiger partial charge is 0.493 e. The molecule has 2 amide bonds. The van der Waals surface area contributed by atoms with Crippen molar-refractivity contribution in [2.75, 3.05) is 26.8 Å². The number of primary amides is 1. The molecular formula is C10H15N3O4. The quantitative estimate of drug-likeness (QED) is 0.660. The maximum absolute atomic E-state index is 10.6. The third-order valence-corrected chi connectivity index (χ3v) is 1.99. The van der Waals surface area contributed by atoms with Crippen molar-refractivity contribution in [1.82, 2.24) is 5.43 Å². The molecule has 0 radical (unpaired) electrons. The summed E-state index contributed by atoms with van der Waals surface area (Å²) in [6.07, 6.45) is 0. The molecule has 0 spiro atoms. The van der Waals surface area contributed by atoms with Crippen molar-refractivity contribution in [3.63, 3.8) is 0 Å². The van der Waals surface area contributed by atoms with E-state index in [0.29, 0.717) is 22.9 Å². The molecule has 0 aliphatic rings. The molecule has 0 aromatic heterocycles. The van der Waals surface area contributed by atoms with Gasteiger partial charge in [0, 0.05) is 12.1 Å². The number of benzene rings is 1. The van der Waals surface area contributed by atoms with Crippen molar-refractivity contribution >= 4 is 11.7 Å². The topological polar surface area (TPSA) is 94.8 Å². The SMILES string of the molecule is COc1cc(NNC(N)=O)cc(OC)c1OC. The highest BCUT2D eigenvalue weighted by atomic mass is 16.5. The van der Waals surface area contributed by atoms with Gasteiger partial charge < -0.3 is 19.9 Å². The van der Waals surface area contributed by atoms with E-state index in [1.54, 1.807) is 12.1 Å². The molecule has 0 fully saturated rings. The fraction of sp³-hybridized carbons (Fsp3) is 0.300. The Balaban J connectivity index is 3.04. The first-order valence-corrected chi connectivity index (χ1v) is 4.73. The van der Waals surface area contributed by atoms with E-state index in [1.807, 2.05) is 0 Å². The van der Waals surface area contributed by atoms with E-state index in [-0.39, 0.29) is 0 Å². The maximum Gasteiger partial charge on any atom is 0.330 e. The van der Waals surface area contributed by atoms with E-state index in [9.17, 15) is 4.79 Å². The van der Waals surface area contributed by atoms with Gasteiger partial charge >= 0.3 is 6.03 Å². The standard InChI is InChI=1S/C10H15N3O4/c1-15-7-4-6(12-13-10(11)14)5-8(16-2)9(7)17-3/h4-5,12H,1-3H3,(H3,11,13,14). The average molecular weight is 241 g/mol. The zero-order chi connectivity index (χ0) is 12.8. The Hall–Kier alpha value is -2.31. The number of hydrazine groups is 1. The van der Waals surface area contributed by atoms with Crippen LogP contribution in [0.15, 0.2) is 12.1 Å². The summed E-state index contributed by atoms with van der Waals surface area (Å²) in [7, 11) is 4.51. The zero-order valence-corrected chi connectivity index (χ0v) is 9.87. The number of nitrogens with two attached hydrogens (primary N) is 1. The van der Waals surface area contributed by atoms with Crippen LogP contribution in [0.1, 0.15) is 0 Å². The van der Waals surface area contributed by atoms with Crippen LogP contribution in [-0.4, -0.2) is 27.4 Å². The van der Waals surface area contributed by atoms with E-state index in [4.69, 9.17) is 19.9 Å². The third-order valence-electron chi connectivity index (χ3n) is 1.99. The highest BCUT2D eigenvalue weighted by molar-refractivity contribution is 5.74. The fourth-order valence-corrected chi connectivity index (χ4v) is 1.29. The molecule has 7 heteroatoms. The van der Waals surface area contributed by atoms with Crippen LogP contribution < -0.4 is 30.8 Å². The molecule has 94 valence electrons. The summed E-state index contributed by atoms with van der Waals surface area (Å²) in [6.45, 7) is 0. The Kier molecular flexibility index (Phi) is 4.27. The van der Waals surface area contributed by atoms with Gasteiger partial charge in [0.25, 0.3) is 0 Å². The Morgan fingerprint density at radius 2 is 1.65 bits per heavy atom. The molecule has 0 bridgehead atoms. The fourth-order valence-electron chi connectivity index (χ4n) is 1.29. The third kappa shape index (κ3) is 3.07. The lowest BCUT2D eigenvalue weighted by Gasteiger charge is -2.14. The second kappa shape index (κ2) is 5.69. The number of rotatable bonds is 5. The number of carbonyl (C=O) groups is 1. The molecule has 7 nitrogen and oxygen atoms in total. The molecule has 4 N–H and O–H groups in total. The van der Waals surface area contributed by atoms with Gasteiger partial charge in [-0.2, -0.15) is 0 Å². The molecule has 0 unspecified atom stereocenters. The van der Waals surface area contributed by atoms with Crippen LogP contribution in [-0.2, 0) is 0 Å². The molecule has 1 rings (SSSR count). The van der Waals surface area contributed by atoms with Crippen molar-refractivity contribution < 1.29 is 19.0 Å². The molecule has 0 saturated carbocycles. The molecule has 0 atom stereocenters. The smallest absolute Gasteiger partial charge is 0.330 e. The summed E-state index contributed by atoms with van der Waals surface area (Å²) in [5.41, 5.74) is 10.3. The maximum atomic E-state index is 10.6. The van der Waals surface area contributed by atoms with Gasteiger partial charge in [-0.1, -0.05) is 0 Å². The second-order valence-corrected chi connectivity index (χ2v) is 3.03. The number of hydrogen-bond acceptors (Lipinski definition) is 5. The van der Waals surface area contributed by atoms with E-state index < -0.39 is 6.03 Å². The van der Waals surface area contributed by atoms with E-state index >= 15 is 0 Å². The number of anilines is 1. The number of urea groups is 1. The van der Waals surface area contributed by atoms with E-state index in [1.165, 1.54) is 21.3 Å². The number of ether oxygens (including phenoxy) is 3. The molecular weight excluding hydrogens is 226 g/mol. The van der Waals surface area contributed by atoms with Crippen LogP contribution in [0, 0.1) is 0 Å². The lowest BCUT2D eigenvalue weighted by atomic mass is 10.2. The summed E-state index contributed by atoms with van der Waals surface area (Å²) in [4.78, 5) is 10.6.